The molecule has 0 heterocycles. The summed E-state index contributed by atoms with van der Waals surface area (Å²) in [6.45, 7) is 0.319. The van der Waals surface area contributed by atoms with Gasteiger partial charge in [-0.3, -0.25) is 4.79 Å². The van der Waals surface area contributed by atoms with Crippen LogP contribution in [0.1, 0.15) is 12.8 Å². The molecule has 2 aromatic rings. The van der Waals surface area contributed by atoms with Crippen LogP contribution in [0.3, 0.4) is 0 Å². The summed E-state index contributed by atoms with van der Waals surface area (Å²) < 4.78 is 23.2. The second-order valence-electron chi connectivity index (χ2n) is 4.45. The maximum atomic E-state index is 12.7. The van der Waals surface area contributed by atoms with E-state index in [-0.39, 0.29) is 12.2 Å². The Bertz CT molecular complexity index is 644. The number of rotatable bonds is 6. The molecule has 3 nitrogen and oxygen atoms in total. The van der Waals surface area contributed by atoms with Crippen LogP contribution >= 0.6 is 23.2 Å². The highest BCUT2D eigenvalue weighted by Crippen LogP contribution is 2.27. The molecular formula is C16H13Cl2FO3. The third-order valence-electron chi connectivity index (χ3n) is 2.72. The van der Waals surface area contributed by atoms with E-state index in [1.807, 2.05) is 0 Å². The average molecular weight is 343 g/mol. The van der Waals surface area contributed by atoms with Gasteiger partial charge < -0.3 is 9.47 Å². The summed E-state index contributed by atoms with van der Waals surface area (Å²) in [6.07, 6.45) is 0.654. The Morgan fingerprint density at radius 1 is 1.09 bits per heavy atom. The van der Waals surface area contributed by atoms with Crippen molar-refractivity contribution in [2.45, 2.75) is 12.8 Å². The van der Waals surface area contributed by atoms with E-state index in [0.717, 1.165) is 0 Å². The molecule has 2 aromatic carbocycles. The maximum absolute atomic E-state index is 12.7. The molecule has 22 heavy (non-hydrogen) atoms. The van der Waals surface area contributed by atoms with Crippen molar-refractivity contribution in [1.29, 1.82) is 0 Å². The predicted octanol–water partition coefficient (Wildman–Crippen LogP) is 4.90. The summed E-state index contributed by atoms with van der Waals surface area (Å²) in [6, 6.07) is 10.2. The van der Waals surface area contributed by atoms with Gasteiger partial charge in [-0.2, -0.15) is 0 Å². The number of esters is 1. The highest BCUT2D eigenvalue weighted by molar-refractivity contribution is 6.35. The molecular weight excluding hydrogens is 330 g/mol. The van der Waals surface area contributed by atoms with Crippen LogP contribution in [0, 0.1) is 5.82 Å². The quantitative estimate of drug-likeness (QED) is 0.425. The van der Waals surface area contributed by atoms with Gasteiger partial charge in [-0.25, -0.2) is 4.39 Å². The lowest BCUT2D eigenvalue weighted by Crippen LogP contribution is -2.10. The summed E-state index contributed by atoms with van der Waals surface area (Å²) >= 11 is 11.7. The fourth-order valence-corrected chi connectivity index (χ4v) is 2.14. The third kappa shape index (κ3) is 5.20. The molecule has 0 fully saturated rings. The zero-order chi connectivity index (χ0) is 15.9. The molecule has 0 aliphatic heterocycles. The van der Waals surface area contributed by atoms with Crippen LogP contribution in [0.4, 0.5) is 4.39 Å². The van der Waals surface area contributed by atoms with Crippen LogP contribution in [0.2, 0.25) is 10.0 Å². The van der Waals surface area contributed by atoms with E-state index in [4.69, 9.17) is 32.7 Å². The van der Waals surface area contributed by atoms with E-state index < -0.39 is 5.97 Å². The highest BCUT2D eigenvalue weighted by Gasteiger charge is 2.06. The van der Waals surface area contributed by atoms with Crippen LogP contribution in [0.5, 0.6) is 11.5 Å². The minimum atomic E-state index is -0.405. The van der Waals surface area contributed by atoms with Crippen LogP contribution in [0.15, 0.2) is 42.5 Å². The Kier molecular flexibility index (Phi) is 6.04. The van der Waals surface area contributed by atoms with Gasteiger partial charge in [0.15, 0.2) is 0 Å². The first kappa shape index (κ1) is 16.6. The van der Waals surface area contributed by atoms with Crippen molar-refractivity contribution in [1.82, 2.24) is 0 Å². The van der Waals surface area contributed by atoms with Crippen molar-refractivity contribution >= 4 is 29.2 Å². The number of carbonyl (C=O) groups excluding carboxylic acids is 1. The predicted molar refractivity (Wildman–Crippen MR) is 83.2 cm³/mol. The fraction of sp³-hybridized carbons (Fsp3) is 0.188. The van der Waals surface area contributed by atoms with Crippen molar-refractivity contribution in [2.75, 3.05) is 6.61 Å². The minimum Gasteiger partial charge on any atom is -0.492 e. The van der Waals surface area contributed by atoms with Crippen LogP contribution in [0.25, 0.3) is 0 Å². The second kappa shape index (κ2) is 8.01. The summed E-state index contributed by atoms with van der Waals surface area (Å²) in [5.74, 6) is 0.0384. The van der Waals surface area contributed by atoms with Crippen LogP contribution in [-0.4, -0.2) is 12.6 Å². The van der Waals surface area contributed by atoms with Crippen LogP contribution in [-0.2, 0) is 4.79 Å². The molecule has 0 aromatic heterocycles. The van der Waals surface area contributed by atoms with Gasteiger partial charge in [0.1, 0.15) is 17.3 Å². The summed E-state index contributed by atoms with van der Waals surface area (Å²) in [7, 11) is 0. The molecule has 0 radical (unpaired) electrons. The number of ether oxygens (including phenoxy) is 2. The smallest absolute Gasteiger partial charge is 0.311 e. The van der Waals surface area contributed by atoms with Gasteiger partial charge in [-0.05, 0) is 48.9 Å². The van der Waals surface area contributed by atoms with Gasteiger partial charge in [0.05, 0.1) is 11.6 Å². The molecule has 0 atom stereocenters. The molecule has 116 valence electrons. The summed E-state index contributed by atoms with van der Waals surface area (Å²) in [4.78, 5) is 11.6. The minimum absolute atomic E-state index is 0.183. The van der Waals surface area contributed by atoms with Gasteiger partial charge in [0, 0.05) is 11.4 Å². The Morgan fingerprint density at radius 2 is 1.82 bits per heavy atom. The van der Waals surface area contributed by atoms with E-state index in [0.29, 0.717) is 34.6 Å². The summed E-state index contributed by atoms with van der Waals surface area (Å²) in [5, 5.41) is 0.946. The first-order valence-corrected chi connectivity index (χ1v) is 7.34. The van der Waals surface area contributed by atoms with Crippen molar-refractivity contribution in [2.24, 2.45) is 0 Å². The molecule has 0 saturated heterocycles. The molecule has 0 saturated carbocycles. The van der Waals surface area contributed by atoms with Gasteiger partial charge in [-0.15, -0.1) is 0 Å². The zero-order valence-electron chi connectivity index (χ0n) is 11.5. The van der Waals surface area contributed by atoms with Gasteiger partial charge in [0.25, 0.3) is 0 Å². The molecule has 0 aliphatic rings. The van der Waals surface area contributed by atoms with E-state index in [9.17, 15) is 9.18 Å². The topological polar surface area (TPSA) is 35.5 Å². The molecule has 0 aliphatic carbocycles. The maximum Gasteiger partial charge on any atom is 0.311 e. The number of halogens is 3. The molecule has 0 N–H and O–H groups in total. The Hall–Kier alpha value is -1.78. The summed E-state index contributed by atoms with van der Waals surface area (Å²) in [5.41, 5.74) is 0. The van der Waals surface area contributed by atoms with Gasteiger partial charge in [-0.1, -0.05) is 23.2 Å². The molecule has 0 bridgehead atoms. The van der Waals surface area contributed by atoms with E-state index in [2.05, 4.69) is 0 Å². The average Bonchev–Trinajstić information content (AvgIpc) is 2.48. The van der Waals surface area contributed by atoms with E-state index in [1.165, 1.54) is 24.3 Å². The van der Waals surface area contributed by atoms with Crippen LogP contribution < -0.4 is 9.47 Å². The Morgan fingerprint density at radius 3 is 2.50 bits per heavy atom. The highest BCUT2D eigenvalue weighted by atomic mass is 35.5. The number of carbonyl (C=O) groups is 1. The van der Waals surface area contributed by atoms with Crippen molar-refractivity contribution in [3.05, 3.63) is 58.3 Å². The Labute approximate surface area is 137 Å². The largest absolute Gasteiger partial charge is 0.492 e. The number of hydrogen-bond donors (Lipinski definition) is 0. The fourth-order valence-electron chi connectivity index (χ4n) is 1.68. The van der Waals surface area contributed by atoms with Gasteiger partial charge in [0.2, 0.25) is 0 Å². The van der Waals surface area contributed by atoms with Crippen molar-refractivity contribution in [3.63, 3.8) is 0 Å². The van der Waals surface area contributed by atoms with E-state index >= 15 is 0 Å². The lowest BCUT2D eigenvalue weighted by Gasteiger charge is -2.08. The second-order valence-corrected chi connectivity index (χ2v) is 5.30. The normalized spacial score (nSPS) is 10.3. The van der Waals surface area contributed by atoms with Crippen molar-refractivity contribution in [3.8, 4) is 11.5 Å². The Balaban J connectivity index is 1.72. The molecule has 0 spiro atoms. The third-order valence-corrected chi connectivity index (χ3v) is 3.25. The molecule has 6 heteroatoms. The van der Waals surface area contributed by atoms with Crippen molar-refractivity contribution < 1.29 is 18.7 Å². The zero-order valence-corrected chi connectivity index (χ0v) is 13.0. The SMILES string of the molecule is O=C(CCCOc1ccc(Cl)cc1Cl)Oc1ccc(F)cc1. The molecule has 0 unspecified atom stereocenters. The molecule has 0 amide bonds. The standard InChI is InChI=1S/C16H13Cl2FO3/c17-11-3-8-15(14(18)10-11)21-9-1-2-16(20)22-13-6-4-12(19)5-7-13/h3-8,10H,1-2,9H2. The first-order chi connectivity index (χ1) is 10.5. The first-order valence-electron chi connectivity index (χ1n) is 6.59. The molecule has 2 rings (SSSR count). The van der Waals surface area contributed by atoms with Gasteiger partial charge >= 0.3 is 5.97 Å². The number of benzene rings is 2. The van der Waals surface area contributed by atoms with E-state index in [1.54, 1.807) is 18.2 Å². The lowest BCUT2D eigenvalue weighted by atomic mass is 10.3. The monoisotopic (exact) mass is 342 g/mol. The lowest BCUT2D eigenvalue weighted by molar-refractivity contribution is -0.134. The number of hydrogen-bond acceptors (Lipinski definition) is 3.